The SMILES string of the molecule is CC(C)CN1CCC(=O)NC(C(C)(C)C)C1=O. The molecule has 4 nitrogen and oxygen atoms in total. The second-order valence-corrected chi connectivity index (χ2v) is 6.29. The maximum absolute atomic E-state index is 12.4. The Kier molecular flexibility index (Phi) is 4.17. The third-order valence-corrected chi connectivity index (χ3v) is 2.92. The topological polar surface area (TPSA) is 49.4 Å². The van der Waals surface area contributed by atoms with Gasteiger partial charge in [0.2, 0.25) is 11.8 Å². The fourth-order valence-electron chi connectivity index (χ4n) is 2.03. The van der Waals surface area contributed by atoms with Crippen molar-refractivity contribution in [3.05, 3.63) is 0 Å². The highest BCUT2D eigenvalue weighted by Crippen LogP contribution is 2.23. The zero-order valence-electron chi connectivity index (χ0n) is 11.5. The molecule has 0 spiro atoms. The summed E-state index contributed by atoms with van der Waals surface area (Å²) in [7, 11) is 0. The van der Waals surface area contributed by atoms with Gasteiger partial charge >= 0.3 is 0 Å². The Hall–Kier alpha value is -1.06. The number of carbonyl (C=O) groups excluding carboxylic acids is 2. The molecular weight excluding hydrogens is 216 g/mol. The summed E-state index contributed by atoms with van der Waals surface area (Å²) in [5.74, 6) is 0.453. The number of hydrogen-bond acceptors (Lipinski definition) is 2. The van der Waals surface area contributed by atoms with Gasteiger partial charge in [-0.25, -0.2) is 0 Å². The summed E-state index contributed by atoms with van der Waals surface area (Å²) < 4.78 is 0. The van der Waals surface area contributed by atoms with Gasteiger partial charge in [0.1, 0.15) is 6.04 Å². The second-order valence-electron chi connectivity index (χ2n) is 6.29. The Morgan fingerprint density at radius 3 is 2.41 bits per heavy atom. The lowest BCUT2D eigenvalue weighted by Gasteiger charge is -2.32. The molecule has 0 aliphatic carbocycles. The Labute approximate surface area is 104 Å². The van der Waals surface area contributed by atoms with Crippen molar-refractivity contribution in [2.45, 2.75) is 47.1 Å². The molecule has 98 valence electrons. The Morgan fingerprint density at radius 1 is 1.35 bits per heavy atom. The van der Waals surface area contributed by atoms with Crippen LogP contribution in [0.25, 0.3) is 0 Å². The molecule has 1 aliphatic rings. The van der Waals surface area contributed by atoms with E-state index < -0.39 is 6.04 Å². The van der Waals surface area contributed by atoms with Crippen molar-refractivity contribution in [1.82, 2.24) is 10.2 Å². The minimum Gasteiger partial charge on any atom is -0.344 e. The van der Waals surface area contributed by atoms with E-state index >= 15 is 0 Å². The molecule has 0 saturated carbocycles. The summed E-state index contributed by atoms with van der Waals surface area (Å²) in [6.45, 7) is 11.4. The van der Waals surface area contributed by atoms with Crippen LogP contribution in [0.4, 0.5) is 0 Å². The standard InChI is InChI=1S/C13H24N2O2/c1-9(2)8-15-7-6-10(16)14-11(12(15)17)13(3,4)5/h9,11H,6-8H2,1-5H3,(H,14,16). The van der Waals surface area contributed by atoms with Gasteiger partial charge in [-0.2, -0.15) is 0 Å². The van der Waals surface area contributed by atoms with Crippen LogP contribution in [-0.2, 0) is 9.59 Å². The first kappa shape index (κ1) is 14.0. The van der Waals surface area contributed by atoms with Gasteiger partial charge in [-0.1, -0.05) is 34.6 Å². The van der Waals surface area contributed by atoms with Crippen molar-refractivity contribution in [1.29, 1.82) is 0 Å². The molecule has 0 aromatic heterocycles. The molecule has 1 unspecified atom stereocenters. The Balaban J connectivity index is 2.89. The van der Waals surface area contributed by atoms with Crippen molar-refractivity contribution < 1.29 is 9.59 Å². The largest absolute Gasteiger partial charge is 0.344 e. The highest BCUT2D eigenvalue weighted by Gasteiger charge is 2.37. The lowest BCUT2D eigenvalue weighted by molar-refractivity contribution is -0.136. The van der Waals surface area contributed by atoms with Gasteiger partial charge < -0.3 is 10.2 Å². The predicted octanol–water partition coefficient (Wildman–Crippen LogP) is 1.41. The Bertz CT molecular complexity index is 305. The predicted molar refractivity (Wildman–Crippen MR) is 67.4 cm³/mol. The van der Waals surface area contributed by atoms with Gasteiger partial charge in [0, 0.05) is 19.5 Å². The average molecular weight is 240 g/mol. The van der Waals surface area contributed by atoms with Gasteiger partial charge in [0.25, 0.3) is 0 Å². The third kappa shape index (κ3) is 3.72. The monoisotopic (exact) mass is 240 g/mol. The first-order chi connectivity index (χ1) is 7.71. The van der Waals surface area contributed by atoms with Gasteiger partial charge in [-0.3, -0.25) is 9.59 Å². The molecule has 17 heavy (non-hydrogen) atoms. The van der Waals surface area contributed by atoms with E-state index in [1.54, 1.807) is 0 Å². The zero-order chi connectivity index (χ0) is 13.2. The number of nitrogens with one attached hydrogen (secondary N) is 1. The number of carbonyl (C=O) groups is 2. The molecule has 1 saturated heterocycles. The third-order valence-electron chi connectivity index (χ3n) is 2.92. The highest BCUT2D eigenvalue weighted by molar-refractivity contribution is 5.90. The van der Waals surface area contributed by atoms with E-state index in [0.717, 1.165) is 6.54 Å². The van der Waals surface area contributed by atoms with Gasteiger partial charge in [-0.15, -0.1) is 0 Å². The van der Waals surface area contributed by atoms with Crippen LogP contribution in [0.3, 0.4) is 0 Å². The van der Waals surface area contributed by atoms with E-state index in [-0.39, 0.29) is 17.2 Å². The molecule has 0 aromatic rings. The first-order valence-corrected chi connectivity index (χ1v) is 6.30. The minimum atomic E-state index is -0.406. The van der Waals surface area contributed by atoms with Crippen molar-refractivity contribution in [3.63, 3.8) is 0 Å². The molecule has 0 aromatic carbocycles. The lowest BCUT2D eigenvalue weighted by atomic mass is 9.86. The van der Waals surface area contributed by atoms with Crippen LogP contribution in [0.15, 0.2) is 0 Å². The number of rotatable bonds is 2. The molecule has 0 bridgehead atoms. The van der Waals surface area contributed by atoms with Crippen molar-refractivity contribution in [2.24, 2.45) is 11.3 Å². The van der Waals surface area contributed by atoms with Crippen LogP contribution >= 0.6 is 0 Å². The summed E-state index contributed by atoms with van der Waals surface area (Å²) in [6, 6.07) is -0.406. The summed E-state index contributed by atoms with van der Waals surface area (Å²) in [5.41, 5.74) is -0.244. The highest BCUT2D eigenvalue weighted by atomic mass is 16.2. The molecule has 1 heterocycles. The quantitative estimate of drug-likeness (QED) is 0.793. The summed E-state index contributed by atoms with van der Waals surface area (Å²) in [4.78, 5) is 25.8. The summed E-state index contributed by atoms with van der Waals surface area (Å²) in [5, 5.41) is 2.84. The number of hydrogen-bond donors (Lipinski definition) is 1. The van der Waals surface area contributed by atoms with Crippen LogP contribution < -0.4 is 5.32 Å². The van der Waals surface area contributed by atoms with E-state index in [1.807, 2.05) is 25.7 Å². The van der Waals surface area contributed by atoms with Crippen LogP contribution in [-0.4, -0.2) is 35.8 Å². The second kappa shape index (κ2) is 5.07. The van der Waals surface area contributed by atoms with E-state index in [4.69, 9.17) is 0 Å². The molecular formula is C13H24N2O2. The molecule has 1 rings (SSSR count). The maximum atomic E-state index is 12.4. The summed E-state index contributed by atoms with van der Waals surface area (Å²) >= 11 is 0. The fraction of sp³-hybridized carbons (Fsp3) is 0.846. The number of amides is 2. The van der Waals surface area contributed by atoms with Crippen molar-refractivity contribution in [3.8, 4) is 0 Å². The average Bonchev–Trinajstić information content (AvgIpc) is 2.29. The maximum Gasteiger partial charge on any atom is 0.245 e. The first-order valence-electron chi connectivity index (χ1n) is 6.30. The molecule has 4 heteroatoms. The van der Waals surface area contributed by atoms with E-state index in [1.165, 1.54) is 0 Å². The van der Waals surface area contributed by atoms with Crippen molar-refractivity contribution >= 4 is 11.8 Å². The normalized spacial score (nSPS) is 22.7. The van der Waals surface area contributed by atoms with Crippen LogP contribution in [0.1, 0.15) is 41.0 Å². The van der Waals surface area contributed by atoms with Gasteiger partial charge in [0.15, 0.2) is 0 Å². The molecule has 1 fully saturated rings. The number of nitrogens with zero attached hydrogens (tertiary/aromatic N) is 1. The zero-order valence-corrected chi connectivity index (χ0v) is 11.5. The van der Waals surface area contributed by atoms with Gasteiger partial charge in [0.05, 0.1) is 0 Å². The fourth-order valence-corrected chi connectivity index (χ4v) is 2.03. The summed E-state index contributed by atoms with van der Waals surface area (Å²) in [6.07, 6.45) is 0.408. The Morgan fingerprint density at radius 2 is 1.94 bits per heavy atom. The van der Waals surface area contributed by atoms with Gasteiger partial charge in [-0.05, 0) is 11.3 Å². The van der Waals surface area contributed by atoms with E-state index in [0.29, 0.717) is 18.9 Å². The molecule has 2 amide bonds. The molecule has 1 atom stereocenters. The molecule has 1 aliphatic heterocycles. The van der Waals surface area contributed by atoms with Crippen molar-refractivity contribution in [2.75, 3.05) is 13.1 Å². The minimum absolute atomic E-state index is 0.0236. The van der Waals surface area contributed by atoms with Crippen LogP contribution in [0.2, 0.25) is 0 Å². The molecule has 1 N–H and O–H groups in total. The van der Waals surface area contributed by atoms with E-state index in [9.17, 15) is 9.59 Å². The smallest absolute Gasteiger partial charge is 0.245 e. The van der Waals surface area contributed by atoms with E-state index in [2.05, 4.69) is 19.2 Å². The van der Waals surface area contributed by atoms with Crippen LogP contribution in [0, 0.1) is 11.3 Å². The van der Waals surface area contributed by atoms with Crippen LogP contribution in [0.5, 0.6) is 0 Å². The molecule has 0 radical (unpaired) electrons. The lowest BCUT2D eigenvalue weighted by Crippen LogP contribution is -2.52.